The summed E-state index contributed by atoms with van der Waals surface area (Å²) in [5.74, 6) is -2.08. The van der Waals surface area contributed by atoms with Gasteiger partial charge in [-0.05, 0) is 44.0 Å². The van der Waals surface area contributed by atoms with Crippen molar-refractivity contribution in [3.8, 4) is 0 Å². The first-order valence-corrected chi connectivity index (χ1v) is 12.1. The highest BCUT2D eigenvalue weighted by atomic mass is 16.4. The van der Waals surface area contributed by atoms with Gasteiger partial charge in [0.05, 0.1) is 16.8 Å². The molecule has 2 aromatic rings. The van der Waals surface area contributed by atoms with Gasteiger partial charge in [-0.1, -0.05) is 88.1 Å². The Hall–Kier alpha value is -2.95. The maximum atomic E-state index is 13.5. The van der Waals surface area contributed by atoms with Gasteiger partial charge in [0, 0.05) is 6.42 Å². The van der Waals surface area contributed by atoms with E-state index in [1.54, 1.807) is 18.2 Å². The molecule has 0 heterocycles. The number of carboxylic acid groups (broad SMARTS) is 1. The Morgan fingerprint density at radius 3 is 1.94 bits per heavy atom. The number of aryl methyl sites for hydroxylation is 2. The van der Waals surface area contributed by atoms with Crippen molar-refractivity contribution < 1.29 is 19.5 Å². The van der Waals surface area contributed by atoms with Gasteiger partial charge in [0.15, 0.2) is 0 Å². The molecule has 0 fully saturated rings. The average Bonchev–Trinajstić information content (AvgIpc) is 2.79. The fourth-order valence-corrected chi connectivity index (χ4v) is 4.09. The van der Waals surface area contributed by atoms with Crippen molar-refractivity contribution in [3.05, 3.63) is 64.7 Å². The molecule has 0 aromatic heterocycles. The van der Waals surface area contributed by atoms with Gasteiger partial charge in [-0.25, -0.2) is 9.69 Å². The predicted molar refractivity (Wildman–Crippen MR) is 133 cm³/mol. The van der Waals surface area contributed by atoms with Crippen molar-refractivity contribution in [1.82, 2.24) is 0 Å². The molecule has 0 aliphatic carbocycles. The number of nitrogens with zero attached hydrogens (tertiary/aromatic N) is 1. The molecule has 0 aliphatic rings. The highest BCUT2D eigenvalue weighted by Crippen LogP contribution is 2.26. The van der Waals surface area contributed by atoms with Crippen LogP contribution in [-0.2, 0) is 4.79 Å². The van der Waals surface area contributed by atoms with Crippen molar-refractivity contribution in [3.63, 3.8) is 0 Å². The molecule has 33 heavy (non-hydrogen) atoms. The lowest BCUT2D eigenvalue weighted by molar-refractivity contribution is -0.118. The Labute approximate surface area is 197 Å². The monoisotopic (exact) mass is 451 g/mol. The van der Waals surface area contributed by atoms with Gasteiger partial charge in [0.25, 0.3) is 5.91 Å². The van der Waals surface area contributed by atoms with Crippen LogP contribution in [-0.4, -0.2) is 22.9 Å². The van der Waals surface area contributed by atoms with Crippen LogP contribution >= 0.6 is 0 Å². The Kier molecular flexibility index (Phi) is 10.8. The lowest BCUT2D eigenvalue weighted by Crippen LogP contribution is -2.38. The number of aromatic carboxylic acids is 1. The first-order chi connectivity index (χ1) is 15.9. The van der Waals surface area contributed by atoms with Gasteiger partial charge in [-0.2, -0.15) is 0 Å². The smallest absolute Gasteiger partial charge is 0.336 e. The topological polar surface area (TPSA) is 74.7 Å². The second-order valence-electron chi connectivity index (χ2n) is 8.75. The Morgan fingerprint density at radius 2 is 1.36 bits per heavy atom. The van der Waals surface area contributed by atoms with Crippen LogP contribution < -0.4 is 4.90 Å². The minimum Gasteiger partial charge on any atom is -0.478 e. The van der Waals surface area contributed by atoms with E-state index in [0.717, 1.165) is 24.0 Å². The molecule has 0 unspecified atom stereocenters. The molecule has 2 rings (SSSR count). The number of anilines is 1. The Morgan fingerprint density at radius 1 is 0.788 bits per heavy atom. The van der Waals surface area contributed by atoms with Crippen molar-refractivity contribution in [2.24, 2.45) is 0 Å². The number of hydrogen-bond donors (Lipinski definition) is 1. The van der Waals surface area contributed by atoms with Gasteiger partial charge in [0.1, 0.15) is 0 Å². The molecule has 0 saturated heterocycles. The summed E-state index contributed by atoms with van der Waals surface area (Å²) in [6.45, 7) is 6.02. The zero-order valence-electron chi connectivity index (χ0n) is 20.2. The molecule has 0 spiro atoms. The first-order valence-electron chi connectivity index (χ1n) is 12.1. The largest absolute Gasteiger partial charge is 0.478 e. The summed E-state index contributed by atoms with van der Waals surface area (Å²) in [7, 11) is 0. The normalized spacial score (nSPS) is 10.8. The molecule has 178 valence electrons. The van der Waals surface area contributed by atoms with Crippen LogP contribution in [0.3, 0.4) is 0 Å². The van der Waals surface area contributed by atoms with Crippen LogP contribution in [0.15, 0.2) is 42.5 Å². The van der Waals surface area contributed by atoms with E-state index in [4.69, 9.17) is 0 Å². The molecule has 0 saturated carbocycles. The number of carbonyl (C=O) groups excluding carboxylic acids is 2. The van der Waals surface area contributed by atoms with E-state index in [-0.39, 0.29) is 23.5 Å². The van der Waals surface area contributed by atoms with Crippen molar-refractivity contribution in [1.29, 1.82) is 0 Å². The van der Waals surface area contributed by atoms with E-state index in [1.165, 1.54) is 55.6 Å². The second-order valence-corrected chi connectivity index (χ2v) is 8.75. The predicted octanol–water partition coefficient (Wildman–Crippen LogP) is 7.10. The molecular weight excluding hydrogens is 414 g/mol. The third-order valence-electron chi connectivity index (χ3n) is 5.93. The SMILES string of the molecule is CCCCCCCCCCCC(=O)N(C(=O)c1ccccc1C(=O)O)c1ccc(C)cc1C. The molecule has 0 radical (unpaired) electrons. The number of hydrogen-bond acceptors (Lipinski definition) is 3. The molecule has 5 nitrogen and oxygen atoms in total. The molecule has 2 amide bonds. The minimum atomic E-state index is -1.19. The molecule has 5 heteroatoms. The zero-order chi connectivity index (χ0) is 24.2. The number of carboxylic acids is 1. The summed E-state index contributed by atoms with van der Waals surface area (Å²) in [5.41, 5.74) is 2.25. The standard InChI is InChI=1S/C28H37NO4/c1-4-5-6-7-8-9-10-11-12-17-26(30)29(25-19-18-21(2)20-22(25)3)27(31)23-15-13-14-16-24(23)28(32)33/h13-16,18-20H,4-12,17H2,1-3H3,(H,32,33). The summed E-state index contributed by atoms with van der Waals surface area (Å²) < 4.78 is 0. The Balaban J connectivity index is 2.12. The maximum Gasteiger partial charge on any atom is 0.336 e. The minimum absolute atomic E-state index is 0.0189. The van der Waals surface area contributed by atoms with Crippen LogP contribution in [0.1, 0.15) is 103 Å². The molecule has 0 atom stereocenters. The lowest BCUT2D eigenvalue weighted by Gasteiger charge is -2.24. The van der Waals surface area contributed by atoms with E-state index in [1.807, 2.05) is 26.0 Å². The fourth-order valence-electron chi connectivity index (χ4n) is 4.09. The van der Waals surface area contributed by atoms with E-state index in [2.05, 4.69) is 6.92 Å². The highest BCUT2D eigenvalue weighted by Gasteiger charge is 2.28. The van der Waals surface area contributed by atoms with Crippen LogP contribution in [0.5, 0.6) is 0 Å². The zero-order valence-corrected chi connectivity index (χ0v) is 20.2. The van der Waals surface area contributed by atoms with Crippen molar-refractivity contribution in [2.75, 3.05) is 4.90 Å². The number of carbonyl (C=O) groups is 3. The lowest BCUT2D eigenvalue weighted by atomic mass is 10.0. The third kappa shape index (κ3) is 7.85. The van der Waals surface area contributed by atoms with Crippen LogP contribution in [0, 0.1) is 13.8 Å². The summed E-state index contributed by atoms with van der Waals surface area (Å²) >= 11 is 0. The van der Waals surface area contributed by atoms with E-state index < -0.39 is 11.9 Å². The Bertz CT molecular complexity index is 951. The van der Waals surface area contributed by atoms with Gasteiger partial charge in [-0.15, -0.1) is 0 Å². The van der Waals surface area contributed by atoms with Gasteiger partial charge in [0.2, 0.25) is 5.91 Å². The first kappa shape index (κ1) is 26.3. The van der Waals surface area contributed by atoms with E-state index in [0.29, 0.717) is 12.1 Å². The second kappa shape index (κ2) is 13.6. The number of benzene rings is 2. The van der Waals surface area contributed by atoms with Gasteiger partial charge < -0.3 is 5.11 Å². The van der Waals surface area contributed by atoms with Gasteiger partial charge in [-0.3, -0.25) is 9.59 Å². The third-order valence-corrected chi connectivity index (χ3v) is 5.93. The number of amides is 2. The highest BCUT2D eigenvalue weighted by molar-refractivity contribution is 6.23. The van der Waals surface area contributed by atoms with E-state index >= 15 is 0 Å². The van der Waals surface area contributed by atoms with Crippen LogP contribution in [0.2, 0.25) is 0 Å². The van der Waals surface area contributed by atoms with Crippen molar-refractivity contribution in [2.45, 2.75) is 85.0 Å². The van der Waals surface area contributed by atoms with Crippen LogP contribution in [0.4, 0.5) is 5.69 Å². The van der Waals surface area contributed by atoms with E-state index in [9.17, 15) is 19.5 Å². The van der Waals surface area contributed by atoms with Crippen molar-refractivity contribution >= 4 is 23.5 Å². The fraction of sp³-hybridized carbons (Fsp3) is 0.464. The number of unbranched alkanes of at least 4 members (excludes halogenated alkanes) is 8. The molecule has 1 N–H and O–H groups in total. The number of rotatable bonds is 13. The summed E-state index contributed by atoms with van der Waals surface area (Å²) in [6.07, 6.45) is 10.5. The summed E-state index contributed by atoms with van der Waals surface area (Å²) in [4.78, 5) is 39.5. The quantitative estimate of drug-likeness (QED) is 0.330. The molecular formula is C28H37NO4. The van der Waals surface area contributed by atoms with Crippen LogP contribution in [0.25, 0.3) is 0 Å². The maximum absolute atomic E-state index is 13.5. The molecule has 0 aliphatic heterocycles. The summed E-state index contributed by atoms with van der Waals surface area (Å²) in [5, 5.41) is 9.53. The van der Waals surface area contributed by atoms with Gasteiger partial charge >= 0.3 is 5.97 Å². The number of imide groups is 1. The average molecular weight is 452 g/mol. The molecule has 2 aromatic carbocycles. The summed E-state index contributed by atoms with van der Waals surface area (Å²) in [6, 6.07) is 11.6. The molecule has 0 bridgehead atoms.